The van der Waals surface area contributed by atoms with Crippen molar-refractivity contribution in [2.45, 2.75) is 19.8 Å². The molecule has 0 radical (unpaired) electrons. The molecule has 122 valence electrons. The van der Waals surface area contributed by atoms with Crippen molar-refractivity contribution in [1.82, 2.24) is 0 Å². The first kappa shape index (κ1) is 14.8. The third-order valence-corrected chi connectivity index (χ3v) is 4.38. The number of amides is 1. The lowest BCUT2D eigenvalue weighted by Gasteiger charge is -2.12. The number of furan rings is 1. The van der Waals surface area contributed by atoms with Crippen LogP contribution in [0.3, 0.4) is 0 Å². The Bertz CT molecular complexity index is 814. The number of benzene rings is 1. The van der Waals surface area contributed by atoms with Gasteiger partial charge in [-0.15, -0.1) is 0 Å². The van der Waals surface area contributed by atoms with E-state index in [2.05, 4.69) is 10.0 Å². The molecule has 0 aliphatic carbocycles. The van der Waals surface area contributed by atoms with Gasteiger partial charge in [-0.3, -0.25) is 4.79 Å². The molecular formula is C19H19N3O2. The summed E-state index contributed by atoms with van der Waals surface area (Å²) in [4.78, 5) is 14.9. The molecule has 3 heterocycles. The van der Waals surface area contributed by atoms with Crippen LogP contribution in [0.1, 0.15) is 25.5 Å². The molecule has 4 rings (SSSR count). The number of anilines is 2. The van der Waals surface area contributed by atoms with Crippen LogP contribution in [0.15, 0.2) is 57.6 Å². The van der Waals surface area contributed by atoms with Crippen molar-refractivity contribution in [1.29, 1.82) is 0 Å². The lowest BCUT2D eigenvalue weighted by molar-refractivity contribution is -0.114. The number of hydrazone groups is 1. The molecule has 5 heteroatoms. The number of rotatable bonds is 3. The second-order valence-corrected chi connectivity index (χ2v) is 6.07. The van der Waals surface area contributed by atoms with Gasteiger partial charge in [0, 0.05) is 19.2 Å². The van der Waals surface area contributed by atoms with Crippen LogP contribution in [0.4, 0.5) is 11.6 Å². The van der Waals surface area contributed by atoms with Crippen molar-refractivity contribution in [3.8, 4) is 0 Å². The van der Waals surface area contributed by atoms with Crippen molar-refractivity contribution < 1.29 is 9.21 Å². The zero-order chi connectivity index (χ0) is 16.5. The van der Waals surface area contributed by atoms with E-state index in [0.29, 0.717) is 17.0 Å². The first-order valence-corrected chi connectivity index (χ1v) is 8.24. The summed E-state index contributed by atoms with van der Waals surface area (Å²) in [7, 11) is 0. The highest BCUT2D eigenvalue weighted by Gasteiger charge is 2.29. The number of para-hydroxylation sites is 1. The highest BCUT2D eigenvalue weighted by molar-refractivity contribution is 6.32. The summed E-state index contributed by atoms with van der Waals surface area (Å²) in [5.41, 5.74) is 2.03. The molecule has 0 saturated carbocycles. The van der Waals surface area contributed by atoms with Crippen molar-refractivity contribution in [3.05, 3.63) is 53.8 Å². The Kier molecular flexibility index (Phi) is 3.69. The first-order valence-electron chi connectivity index (χ1n) is 8.24. The number of carbonyl (C=O) groups excluding carboxylic acids is 1. The van der Waals surface area contributed by atoms with E-state index in [1.165, 1.54) is 17.9 Å². The zero-order valence-corrected chi connectivity index (χ0v) is 13.6. The third kappa shape index (κ3) is 2.62. The highest BCUT2D eigenvalue weighted by atomic mass is 16.4. The number of hydrogen-bond acceptors (Lipinski definition) is 4. The molecule has 0 bridgehead atoms. The van der Waals surface area contributed by atoms with Gasteiger partial charge in [-0.05, 0) is 44.0 Å². The van der Waals surface area contributed by atoms with Crippen LogP contribution in [-0.2, 0) is 4.79 Å². The Balaban J connectivity index is 1.59. The van der Waals surface area contributed by atoms with Crippen molar-refractivity contribution in [2.24, 2.45) is 5.10 Å². The average Bonchev–Trinajstić information content (AvgIpc) is 3.32. The fraction of sp³-hybridized carbons (Fsp3) is 0.263. The van der Waals surface area contributed by atoms with Crippen molar-refractivity contribution in [2.75, 3.05) is 23.0 Å². The molecule has 0 N–H and O–H groups in total. The molecule has 1 amide bonds. The predicted molar refractivity (Wildman–Crippen MR) is 95.2 cm³/mol. The Morgan fingerprint density at radius 1 is 1.08 bits per heavy atom. The van der Waals surface area contributed by atoms with Gasteiger partial charge in [-0.2, -0.15) is 10.1 Å². The van der Waals surface area contributed by atoms with Gasteiger partial charge in [0.25, 0.3) is 5.91 Å². The summed E-state index contributed by atoms with van der Waals surface area (Å²) in [6.07, 6.45) is 4.19. The van der Waals surface area contributed by atoms with E-state index in [1.807, 2.05) is 49.4 Å². The van der Waals surface area contributed by atoms with E-state index >= 15 is 0 Å². The molecular weight excluding hydrogens is 302 g/mol. The fourth-order valence-corrected chi connectivity index (χ4v) is 3.10. The molecule has 1 aromatic carbocycles. The highest BCUT2D eigenvalue weighted by Crippen LogP contribution is 2.27. The zero-order valence-electron chi connectivity index (χ0n) is 13.6. The lowest BCUT2D eigenvalue weighted by Crippen LogP contribution is -2.21. The van der Waals surface area contributed by atoms with E-state index in [0.717, 1.165) is 24.7 Å². The van der Waals surface area contributed by atoms with Crippen LogP contribution in [0, 0.1) is 0 Å². The minimum Gasteiger partial charge on any atom is -0.441 e. The molecule has 0 unspecified atom stereocenters. The van der Waals surface area contributed by atoms with E-state index in [4.69, 9.17) is 4.42 Å². The second-order valence-electron chi connectivity index (χ2n) is 6.07. The molecule has 0 spiro atoms. The molecule has 0 atom stereocenters. The maximum atomic E-state index is 12.7. The van der Waals surface area contributed by atoms with Crippen LogP contribution in [-0.4, -0.2) is 24.7 Å². The number of hydrogen-bond donors (Lipinski definition) is 0. The smallest absolute Gasteiger partial charge is 0.280 e. The maximum Gasteiger partial charge on any atom is 0.280 e. The standard InChI is InChI=1S/C19H19N3O2/c1-14-17(19(23)22(20-14)15-7-3-2-4-8-15)13-16-9-10-18(24-16)21-11-5-6-12-21/h2-4,7-10,13H,5-6,11-12H2,1H3. The monoisotopic (exact) mass is 321 g/mol. The van der Waals surface area contributed by atoms with Crippen LogP contribution in [0.5, 0.6) is 0 Å². The minimum absolute atomic E-state index is 0.127. The lowest BCUT2D eigenvalue weighted by atomic mass is 10.1. The largest absolute Gasteiger partial charge is 0.441 e. The summed E-state index contributed by atoms with van der Waals surface area (Å²) in [5.74, 6) is 1.43. The number of carbonyl (C=O) groups is 1. The van der Waals surface area contributed by atoms with Gasteiger partial charge in [0.05, 0.1) is 17.0 Å². The second kappa shape index (κ2) is 6.00. The Morgan fingerprint density at radius 3 is 2.58 bits per heavy atom. The number of nitrogens with zero attached hydrogens (tertiary/aromatic N) is 3. The van der Waals surface area contributed by atoms with Crippen LogP contribution < -0.4 is 9.91 Å². The van der Waals surface area contributed by atoms with E-state index in [9.17, 15) is 4.79 Å². The van der Waals surface area contributed by atoms with E-state index < -0.39 is 0 Å². The molecule has 1 aromatic heterocycles. The van der Waals surface area contributed by atoms with Gasteiger partial charge in [-0.1, -0.05) is 18.2 Å². The van der Waals surface area contributed by atoms with Crippen molar-refractivity contribution >= 4 is 29.3 Å². The molecule has 24 heavy (non-hydrogen) atoms. The molecule has 2 aliphatic heterocycles. The average molecular weight is 321 g/mol. The first-order chi connectivity index (χ1) is 11.7. The summed E-state index contributed by atoms with van der Waals surface area (Å²) < 4.78 is 5.89. The predicted octanol–water partition coefficient (Wildman–Crippen LogP) is 3.69. The molecule has 2 aliphatic rings. The minimum atomic E-state index is -0.127. The van der Waals surface area contributed by atoms with Gasteiger partial charge in [0.2, 0.25) is 0 Å². The SMILES string of the molecule is CC1=NN(c2ccccc2)C(=O)C1=Cc1ccc(N2CCCC2)o1. The summed E-state index contributed by atoms with van der Waals surface area (Å²) in [6, 6.07) is 13.3. The normalized spacial score (nSPS) is 19.5. The Hall–Kier alpha value is -2.82. The maximum absolute atomic E-state index is 12.7. The van der Waals surface area contributed by atoms with Gasteiger partial charge in [0.15, 0.2) is 5.88 Å². The van der Waals surface area contributed by atoms with Crippen LogP contribution >= 0.6 is 0 Å². The summed E-state index contributed by atoms with van der Waals surface area (Å²) in [6.45, 7) is 3.91. The van der Waals surface area contributed by atoms with Crippen LogP contribution in [0.25, 0.3) is 6.08 Å². The summed E-state index contributed by atoms with van der Waals surface area (Å²) in [5, 5.41) is 5.82. The van der Waals surface area contributed by atoms with Crippen LogP contribution in [0.2, 0.25) is 0 Å². The molecule has 1 fully saturated rings. The van der Waals surface area contributed by atoms with Gasteiger partial charge in [0.1, 0.15) is 5.76 Å². The molecule has 1 saturated heterocycles. The van der Waals surface area contributed by atoms with Crippen molar-refractivity contribution in [3.63, 3.8) is 0 Å². The Morgan fingerprint density at radius 2 is 1.83 bits per heavy atom. The molecule has 5 nitrogen and oxygen atoms in total. The van der Waals surface area contributed by atoms with Gasteiger partial charge in [-0.25, -0.2) is 0 Å². The fourth-order valence-electron chi connectivity index (χ4n) is 3.10. The summed E-state index contributed by atoms with van der Waals surface area (Å²) >= 11 is 0. The topological polar surface area (TPSA) is 49.1 Å². The van der Waals surface area contributed by atoms with E-state index in [-0.39, 0.29) is 5.91 Å². The Labute approximate surface area is 140 Å². The van der Waals surface area contributed by atoms with Gasteiger partial charge >= 0.3 is 0 Å². The quantitative estimate of drug-likeness (QED) is 0.810. The van der Waals surface area contributed by atoms with E-state index in [1.54, 1.807) is 6.08 Å². The molecule has 2 aromatic rings. The van der Waals surface area contributed by atoms with Gasteiger partial charge < -0.3 is 9.32 Å². The third-order valence-electron chi connectivity index (χ3n) is 4.38.